The van der Waals surface area contributed by atoms with E-state index in [-0.39, 0.29) is 17.9 Å². The van der Waals surface area contributed by atoms with Gasteiger partial charge in [0.15, 0.2) is 0 Å². The number of aromatic nitrogens is 2. The van der Waals surface area contributed by atoms with Crippen molar-refractivity contribution < 1.29 is 18.4 Å². The Morgan fingerprint density at radius 3 is 2.68 bits per heavy atom. The molecule has 1 fully saturated rings. The molecule has 0 saturated carbocycles. The van der Waals surface area contributed by atoms with E-state index >= 15 is 0 Å². The Labute approximate surface area is 161 Å². The van der Waals surface area contributed by atoms with Crippen LogP contribution in [0.25, 0.3) is 11.4 Å². The van der Waals surface area contributed by atoms with Crippen molar-refractivity contribution in [1.82, 2.24) is 15.0 Å². The number of ether oxygens (including phenoxy) is 1. The van der Waals surface area contributed by atoms with Gasteiger partial charge in [0.25, 0.3) is 0 Å². The van der Waals surface area contributed by atoms with Crippen molar-refractivity contribution in [3.05, 3.63) is 60.2 Å². The lowest BCUT2D eigenvalue weighted by molar-refractivity contribution is 0.193. The van der Waals surface area contributed by atoms with Gasteiger partial charge in [-0.05, 0) is 61.4 Å². The molecule has 28 heavy (non-hydrogen) atoms. The van der Waals surface area contributed by atoms with Crippen LogP contribution in [-0.4, -0.2) is 34.7 Å². The van der Waals surface area contributed by atoms with Crippen molar-refractivity contribution >= 4 is 11.7 Å². The molecule has 0 spiro atoms. The zero-order valence-electron chi connectivity index (χ0n) is 15.3. The normalized spacial score (nSPS) is 16.2. The van der Waals surface area contributed by atoms with Gasteiger partial charge in [0.1, 0.15) is 17.6 Å². The lowest BCUT2D eigenvalue weighted by Crippen LogP contribution is -2.34. The molecule has 1 N–H and O–H groups in total. The fourth-order valence-corrected chi connectivity index (χ4v) is 3.22. The first kappa shape index (κ1) is 18.0. The maximum Gasteiger partial charge on any atom is 0.322 e. The number of likely N-dealkylation sites (tertiary alicyclic amines) is 1. The van der Waals surface area contributed by atoms with Crippen LogP contribution in [0.15, 0.2) is 53.1 Å². The monoisotopic (exact) mass is 382 g/mol. The van der Waals surface area contributed by atoms with Crippen LogP contribution in [0.3, 0.4) is 0 Å². The van der Waals surface area contributed by atoms with Crippen molar-refractivity contribution in [1.29, 1.82) is 0 Å². The molecule has 1 atom stereocenters. The number of rotatable bonds is 4. The summed E-state index contributed by atoms with van der Waals surface area (Å²) in [4.78, 5) is 18.8. The van der Waals surface area contributed by atoms with E-state index in [0.717, 1.165) is 18.6 Å². The largest absolute Gasteiger partial charge is 0.497 e. The minimum Gasteiger partial charge on any atom is -0.497 e. The van der Waals surface area contributed by atoms with Gasteiger partial charge in [0.05, 0.1) is 7.11 Å². The zero-order valence-corrected chi connectivity index (χ0v) is 15.3. The number of benzene rings is 2. The summed E-state index contributed by atoms with van der Waals surface area (Å²) in [6, 6.07) is 12.5. The van der Waals surface area contributed by atoms with E-state index in [9.17, 15) is 9.18 Å². The van der Waals surface area contributed by atoms with Gasteiger partial charge in [-0.15, -0.1) is 0 Å². The summed E-state index contributed by atoms with van der Waals surface area (Å²) < 4.78 is 23.6. The lowest BCUT2D eigenvalue weighted by atomic mass is 10.2. The average molecular weight is 382 g/mol. The summed E-state index contributed by atoms with van der Waals surface area (Å²) in [5, 5.41) is 6.86. The van der Waals surface area contributed by atoms with Crippen LogP contribution in [0, 0.1) is 5.82 Å². The highest BCUT2D eigenvalue weighted by atomic mass is 19.1. The summed E-state index contributed by atoms with van der Waals surface area (Å²) in [7, 11) is 1.59. The fourth-order valence-electron chi connectivity index (χ4n) is 3.22. The van der Waals surface area contributed by atoms with Crippen molar-refractivity contribution in [2.45, 2.75) is 18.9 Å². The minimum absolute atomic E-state index is 0.228. The topological polar surface area (TPSA) is 80.5 Å². The number of methoxy groups -OCH3 is 1. The van der Waals surface area contributed by atoms with E-state index in [4.69, 9.17) is 9.26 Å². The van der Waals surface area contributed by atoms with E-state index < -0.39 is 0 Å². The van der Waals surface area contributed by atoms with Gasteiger partial charge in [0, 0.05) is 17.8 Å². The van der Waals surface area contributed by atoms with E-state index in [1.54, 1.807) is 48.4 Å². The zero-order chi connectivity index (χ0) is 19.5. The van der Waals surface area contributed by atoms with Crippen LogP contribution < -0.4 is 10.1 Å². The van der Waals surface area contributed by atoms with Crippen LogP contribution in [0.5, 0.6) is 5.75 Å². The molecule has 1 aromatic heterocycles. The summed E-state index contributed by atoms with van der Waals surface area (Å²) in [5.41, 5.74) is 1.33. The molecular weight excluding hydrogens is 363 g/mol. The number of carbonyl (C=O) groups is 1. The average Bonchev–Trinajstić information content (AvgIpc) is 3.38. The Balaban J connectivity index is 1.48. The van der Waals surface area contributed by atoms with E-state index in [2.05, 4.69) is 15.5 Å². The van der Waals surface area contributed by atoms with Crippen LogP contribution in [0.2, 0.25) is 0 Å². The smallest absolute Gasteiger partial charge is 0.322 e. The molecule has 1 aliphatic heterocycles. The number of halogens is 1. The molecule has 7 nitrogen and oxygen atoms in total. The van der Waals surface area contributed by atoms with Gasteiger partial charge in [-0.1, -0.05) is 5.16 Å². The predicted octanol–water partition coefficient (Wildman–Crippen LogP) is 4.25. The predicted molar refractivity (Wildman–Crippen MR) is 100 cm³/mol. The van der Waals surface area contributed by atoms with Crippen molar-refractivity contribution in [3.63, 3.8) is 0 Å². The van der Waals surface area contributed by atoms with E-state index in [1.165, 1.54) is 12.1 Å². The van der Waals surface area contributed by atoms with Crippen LogP contribution in [-0.2, 0) is 0 Å². The first-order valence-electron chi connectivity index (χ1n) is 8.95. The molecule has 2 aromatic carbocycles. The summed E-state index contributed by atoms with van der Waals surface area (Å²) in [6.07, 6.45) is 1.58. The lowest BCUT2D eigenvalue weighted by Gasteiger charge is -2.22. The van der Waals surface area contributed by atoms with Crippen molar-refractivity contribution in [2.75, 3.05) is 19.0 Å². The summed E-state index contributed by atoms with van der Waals surface area (Å²) >= 11 is 0. The highest BCUT2D eigenvalue weighted by molar-refractivity contribution is 5.89. The molecule has 1 aliphatic rings. The highest BCUT2D eigenvalue weighted by Crippen LogP contribution is 2.32. The number of carbonyl (C=O) groups excluding carboxylic acids is 1. The maximum atomic E-state index is 13.1. The fraction of sp³-hybridized carbons (Fsp3) is 0.250. The first-order chi connectivity index (χ1) is 13.6. The van der Waals surface area contributed by atoms with Crippen LogP contribution in [0.1, 0.15) is 24.8 Å². The number of urea groups is 1. The highest BCUT2D eigenvalue weighted by Gasteiger charge is 2.34. The number of hydrogen-bond donors (Lipinski definition) is 1. The third kappa shape index (κ3) is 3.66. The van der Waals surface area contributed by atoms with E-state index in [0.29, 0.717) is 29.5 Å². The van der Waals surface area contributed by atoms with Gasteiger partial charge < -0.3 is 19.5 Å². The molecule has 8 heteroatoms. The number of nitrogens with zero attached hydrogens (tertiary/aromatic N) is 3. The van der Waals surface area contributed by atoms with Gasteiger partial charge in [0.2, 0.25) is 11.7 Å². The summed E-state index contributed by atoms with van der Waals surface area (Å²) in [6.45, 7) is 0.598. The molecule has 0 bridgehead atoms. The van der Waals surface area contributed by atoms with E-state index in [1.807, 2.05) is 0 Å². The van der Waals surface area contributed by atoms with Crippen molar-refractivity contribution in [2.24, 2.45) is 0 Å². The number of hydrogen-bond acceptors (Lipinski definition) is 5. The van der Waals surface area contributed by atoms with Gasteiger partial charge in [-0.25, -0.2) is 9.18 Å². The Hall–Kier alpha value is -3.42. The van der Waals surface area contributed by atoms with Gasteiger partial charge in [-0.2, -0.15) is 4.98 Å². The SMILES string of the molecule is COc1ccc(NC(=O)N2CCC[C@@H]2c2nc(-c3ccc(F)cc3)no2)cc1. The standard InChI is InChI=1S/C20H19FN4O3/c1-27-16-10-8-15(9-11-16)22-20(26)25-12-2-3-17(25)19-23-18(24-28-19)13-4-6-14(21)7-5-13/h4-11,17H,2-3,12H2,1H3,(H,22,26)/t17-/m1/s1. The maximum absolute atomic E-state index is 13.1. The second kappa shape index (κ2) is 7.67. The third-order valence-corrected chi connectivity index (χ3v) is 4.68. The molecule has 2 amide bonds. The quantitative estimate of drug-likeness (QED) is 0.729. The molecule has 2 heterocycles. The number of anilines is 1. The number of amides is 2. The molecule has 3 aromatic rings. The molecule has 4 rings (SSSR count). The molecule has 0 radical (unpaired) electrons. The molecule has 0 aliphatic carbocycles. The second-order valence-corrected chi connectivity index (χ2v) is 6.47. The third-order valence-electron chi connectivity index (χ3n) is 4.68. The molecule has 1 saturated heterocycles. The Bertz CT molecular complexity index is 956. The van der Waals surface area contributed by atoms with Crippen LogP contribution >= 0.6 is 0 Å². The Morgan fingerprint density at radius 1 is 1.21 bits per heavy atom. The Morgan fingerprint density at radius 2 is 1.96 bits per heavy atom. The van der Waals surface area contributed by atoms with Gasteiger partial charge in [-0.3, -0.25) is 0 Å². The molecule has 144 valence electrons. The molecule has 0 unspecified atom stereocenters. The number of nitrogens with one attached hydrogen (secondary N) is 1. The Kier molecular flexibility index (Phi) is 4.92. The van der Waals surface area contributed by atoms with Crippen LogP contribution in [0.4, 0.5) is 14.9 Å². The first-order valence-corrected chi connectivity index (χ1v) is 8.95. The molecular formula is C20H19FN4O3. The van der Waals surface area contributed by atoms with Crippen molar-refractivity contribution in [3.8, 4) is 17.1 Å². The minimum atomic E-state index is -0.329. The second-order valence-electron chi connectivity index (χ2n) is 6.47. The van der Waals surface area contributed by atoms with Gasteiger partial charge >= 0.3 is 6.03 Å². The summed E-state index contributed by atoms with van der Waals surface area (Å²) in [5.74, 6) is 1.14.